The molecule has 1 atom stereocenters. The van der Waals surface area contributed by atoms with Crippen molar-refractivity contribution in [3.63, 3.8) is 0 Å². The number of nitrogens with zero attached hydrogens (tertiary/aromatic N) is 1. The summed E-state index contributed by atoms with van der Waals surface area (Å²) in [7, 11) is 1.60. The molecule has 0 radical (unpaired) electrons. The number of carbonyl (C=O) groups is 2. The van der Waals surface area contributed by atoms with Gasteiger partial charge in [0.15, 0.2) is 6.61 Å². The summed E-state index contributed by atoms with van der Waals surface area (Å²) in [6.07, 6.45) is 2.03. The highest BCUT2D eigenvalue weighted by Gasteiger charge is 2.22. The van der Waals surface area contributed by atoms with Crippen molar-refractivity contribution < 1.29 is 19.1 Å². The van der Waals surface area contributed by atoms with Crippen molar-refractivity contribution in [3.05, 3.63) is 58.6 Å². The minimum Gasteiger partial charge on any atom is -0.497 e. The minimum atomic E-state index is -0.726. The molecule has 0 fully saturated rings. The number of hydrogen-bond acceptors (Lipinski definition) is 5. The number of carbonyl (C=O) groups excluding carboxylic acids is 2. The predicted molar refractivity (Wildman–Crippen MR) is 122 cm³/mol. The van der Waals surface area contributed by atoms with Crippen LogP contribution in [0.25, 0.3) is 0 Å². The number of aryl methyl sites for hydroxylation is 1. The van der Waals surface area contributed by atoms with Crippen LogP contribution in [0.1, 0.15) is 31.4 Å². The van der Waals surface area contributed by atoms with Crippen LogP contribution in [0.15, 0.2) is 47.6 Å². The lowest BCUT2D eigenvalue weighted by Crippen LogP contribution is -2.47. The first-order valence-electron chi connectivity index (χ1n) is 9.93. The summed E-state index contributed by atoms with van der Waals surface area (Å²) in [5.74, 6) is 0.672. The molecule has 166 valence electrons. The smallest absolute Gasteiger partial charge is 0.262 e. The fourth-order valence-electron chi connectivity index (χ4n) is 2.78. The second kappa shape index (κ2) is 12.0. The van der Waals surface area contributed by atoms with Gasteiger partial charge in [0.1, 0.15) is 17.5 Å². The molecule has 2 N–H and O–H groups in total. The predicted octanol–water partition coefficient (Wildman–Crippen LogP) is 3.72. The van der Waals surface area contributed by atoms with Gasteiger partial charge in [-0.2, -0.15) is 5.10 Å². The van der Waals surface area contributed by atoms with Gasteiger partial charge in [-0.15, -0.1) is 0 Å². The number of rotatable bonds is 10. The van der Waals surface area contributed by atoms with Gasteiger partial charge in [0.25, 0.3) is 11.8 Å². The molecule has 0 heterocycles. The molecular formula is C23H28ClN3O4. The molecule has 2 aromatic carbocycles. The molecule has 0 aromatic heterocycles. The van der Waals surface area contributed by atoms with Gasteiger partial charge in [-0.1, -0.05) is 25.4 Å². The Bertz CT molecular complexity index is 914. The SMILES string of the molecule is COc1ccc(/C=N\NC(=O)[C@@H](CC(C)C)NC(=O)COc2ccc(Cl)cc2)c(C)c1. The molecule has 0 saturated carbocycles. The Hall–Kier alpha value is -3.06. The maximum atomic E-state index is 12.6. The third-order valence-corrected chi connectivity index (χ3v) is 4.65. The van der Waals surface area contributed by atoms with E-state index >= 15 is 0 Å². The number of nitrogens with one attached hydrogen (secondary N) is 2. The number of halogens is 1. The van der Waals surface area contributed by atoms with Crippen LogP contribution in [0.3, 0.4) is 0 Å². The molecule has 0 spiro atoms. The highest BCUT2D eigenvalue weighted by Crippen LogP contribution is 2.16. The summed E-state index contributed by atoms with van der Waals surface area (Å²) in [6, 6.07) is 11.5. The fourth-order valence-corrected chi connectivity index (χ4v) is 2.91. The van der Waals surface area contributed by atoms with E-state index in [1.165, 1.54) is 0 Å². The van der Waals surface area contributed by atoms with Crippen LogP contribution >= 0.6 is 11.6 Å². The summed E-state index contributed by atoms with van der Waals surface area (Å²) in [5, 5.41) is 7.33. The van der Waals surface area contributed by atoms with Gasteiger partial charge in [0, 0.05) is 5.02 Å². The fraction of sp³-hybridized carbons (Fsp3) is 0.348. The topological polar surface area (TPSA) is 89.0 Å². The van der Waals surface area contributed by atoms with Crippen molar-refractivity contribution in [3.8, 4) is 11.5 Å². The van der Waals surface area contributed by atoms with Crippen molar-refractivity contribution in [1.29, 1.82) is 0 Å². The second-order valence-electron chi connectivity index (χ2n) is 7.45. The Morgan fingerprint density at radius 2 is 1.81 bits per heavy atom. The standard InChI is InChI=1S/C23H28ClN3O4/c1-15(2)11-21(26-22(28)14-31-19-9-6-18(24)7-10-19)23(29)27-25-13-17-5-8-20(30-4)12-16(17)3/h5-10,12-13,15,21H,11,14H2,1-4H3,(H,26,28)(H,27,29)/b25-13-/t21-/m1/s1. The van der Waals surface area contributed by atoms with Crippen molar-refractivity contribution in [2.24, 2.45) is 11.0 Å². The Kier molecular flexibility index (Phi) is 9.34. The number of hydrogen-bond donors (Lipinski definition) is 2. The number of ether oxygens (including phenoxy) is 2. The lowest BCUT2D eigenvalue weighted by atomic mass is 10.0. The highest BCUT2D eigenvalue weighted by atomic mass is 35.5. The van der Waals surface area contributed by atoms with Gasteiger partial charge in [-0.25, -0.2) is 5.43 Å². The zero-order valence-electron chi connectivity index (χ0n) is 18.1. The van der Waals surface area contributed by atoms with E-state index in [9.17, 15) is 9.59 Å². The molecule has 0 aliphatic carbocycles. The summed E-state index contributed by atoms with van der Waals surface area (Å²) < 4.78 is 10.6. The molecule has 0 bridgehead atoms. The average molecular weight is 446 g/mol. The maximum absolute atomic E-state index is 12.6. The molecule has 0 aliphatic rings. The zero-order chi connectivity index (χ0) is 22.8. The highest BCUT2D eigenvalue weighted by molar-refractivity contribution is 6.30. The van der Waals surface area contributed by atoms with Crippen LogP contribution in [-0.4, -0.2) is 37.8 Å². The number of amides is 2. The first kappa shape index (κ1) is 24.2. The average Bonchev–Trinajstić information content (AvgIpc) is 2.73. The van der Waals surface area contributed by atoms with E-state index in [4.69, 9.17) is 21.1 Å². The van der Waals surface area contributed by atoms with Crippen molar-refractivity contribution in [2.45, 2.75) is 33.2 Å². The van der Waals surface area contributed by atoms with E-state index in [0.29, 0.717) is 17.2 Å². The first-order valence-corrected chi connectivity index (χ1v) is 10.3. The van der Waals surface area contributed by atoms with Crippen LogP contribution in [0.2, 0.25) is 5.02 Å². The number of hydrazone groups is 1. The van der Waals surface area contributed by atoms with Crippen molar-refractivity contribution >= 4 is 29.6 Å². The second-order valence-corrected chi connectivity index (χ2v) is 7.89. The first-order chi connectivity index (χ1) is 14.8. The molecule has 0 saturated heterocycles. The molecular weight excluding hydrogens is 418 g/mol. The molecule has 7 nitrogen and oxygen atoms in total. The van der Waals surface area contributed by atoms with E-state index in [0.717, 1.165) is 16.9 Å². The van der Waals surface area contributed by atoms with E-state index in [1.807, 2.05) is 39.0 Å². The van der Waals surface area contributed by atoms with Crippen LogP contribution < -0.4 is 20.2 Å². The van der Waals surface area contributed by atoms with Crippen molar-refractivity contribution in [1.82, 2.24) is 10.7 Å². The molecule has 0 unspecified atom stereocenters. The van der Waals surface area contributed by atoms with Crippen LogP contribution in [0.5, 0.6) is 11.5 Å². The Morgan fingerprint density at radius 1 is 1.13 bits per heavy atom. The van der Waals surface area contributed by atoms with E-state index in [1.54, 1.807) is 37.6 Å². The monoisotopic (exact) mass is 445 g/mol. The largest absolute Gasteiger partial charge is 0.497 e. The third kappa shape index (κ3) is 8.30. The van der Waals surface area contributed by atoms with Crippen LogP contribution in [0.4, 0.5) is 0 Å². The summed E-state index contributed by atoms with van der Waals surface area (Å²) in [5.41, 5.74) is 4.32. The summed E-state index contributed by atoms with van der Waals surface area (Å²) in [4.78, 5) is 24.9. The van der Waals surface area contributed by atoms with Gasteiger partial charge >= 0.3 is 0 Å². The van der Waals surface area contributed by atoms with Gasteiger partial charge in [-0.3, -0.25) is 9.59 Å². The van der Waals surface area contributed by atoms with Crippen LogP contribution in [-0.2, 0) is 9.59 Å². The van der Waals surface area contributed by atoms with Crippen LogP contribution in [0, 0.1) is 12.8 Å². The number of benzene rings is 2. The molecule has 0 aliphatic heterocycles. The Labute approximate surface area is 187 Å². The number of methoxy groups -OCH3 is 1. The van der Waals surface area contributed by atoms with E-state index in [2.05, 4.69) is 15.8 Å². The zero-order valence-corrected chi connectivity index (χ0v) is 18.9. The lowest BCUT2D eigenvalue weighted by Gasteiger charge is -2.19. The minimum absolute atomic E-state index is 0.195. The van der Waals surface area contributed by atoms with E-state index in [-0.39, 0.29) is 12.5 Å². The molecule has 2 rings (SSSR count). The van der Waals surface area contributed by atoms with Gasteiger partial charge in [0.2, 0.25) is 0 Å². The van der Waals surface area contributed by atoms with Gasteiger partial charge < -0.3 is 14.8 Å². The van der Waals surface area contributed by atoms with Crippen molar-refractivity contribution in [2.75, 3.05) is 13.7 Å². The Morgan fingerprint density at radius 3 is 2.42 bits per heavy atom. The maximum Gasteiger partial charge on any atom is 0.262 e. The Balaban J connectivity index is 1.93. The normalized spacial score (nSPS) is 11.9. The molecule has 8 heteroatoms. The van der Waals surface area contributed by atoms with Gasteiger partial charge in [-0.05, 0) is 72.9 Å². The third-order valence-electron chi connectivity index (χ3n) is 4.40. The van der Waals surface area contributed by atoms with Gasteiger partial charge in [0.05, 0.1) is 13.3 Å². The lowest BCUT2D eigenvalue weighted by molar-refractivity contribution is -0.130. The molecule has 31 heavy (non-hydrogen) atoms. The van der Waals surface area contributed by atoms with E-state index < -0.39 is 17.9 Å². The molecule has 2 amide bonds. The quantitative estimate of drug-likeness (QED) is 0.431. The summed E-state index contributed by atoms with van der Waals surface area (Å²) >= 11 is 5.83. The summed E-state index contributed by atoms with van der Waals surface area (Å²) in [6.45, 7) is 5.66. The molecule has 2 aromatic rings.